The van der Waals surface area contributed by atoms with Gasteiger partial charge in [0.15, 0.2) is 0 Å². The predicted molar refractivity (Wildman–Crippen MR) is 91.4 cm³/mol. The summed E-state index contributed by atoms with van der Waals surface area (Å²) in [7, 11) is 0. The first-order valence-electron chi connectivity index (χ1n) is 7.58. The van der Waals surface area contributed by atoms with Gasteiger partial charge in [-0.2, -0.15) is 0 Å². The molecule has 1 fully saturated rings. The third kappa shape index (κ3) is 3.87. The average Bonchev–Trinajstić information content (AvgIpc) is 3.01. The van der Waals surface area contributed by atoms with Crippen LogP contribution in [-0.2, 0) is 6.54 Å². The topological polar surface area (TPSA) is 35.6 Å². The number of urea groups is 1. The molecule has 0 atom stereocenters. The Balaban J connectivity index is 1.49. The van der Waals surface area contributed by atoms with Crippen LogP contribution in [0.25, 0.3) is 0 Å². The average molecular weight is 315 g/mol. The molecule has 0 radical (unpaired) electrons. The lowest BCUT2D eigenvalue weighted by atomic mass is 10.2. The number of carbonyl (C=O) groups is 1. The molecule has 0 aliphatic carbocycles. The zero-order valence-corrected chi connectivity index (χ0v) is 13.6. The number of nitrogens with zero attached hydrogens (tertiary/aromatic N) is 2. The van der Waals surface area contributed by atoms with E-state index in [4.69, 9.17) is 0 Å². The highest BCUT2D eigenvalue weighted by atomic mass is 32.1. The molecule has 5 heteroatoms. The van der Waals surface area contributed by atoms with Gasteiger partial charge in [0.05, 0.1) is 0 Å². The summed E-state index contributed by atoms with van der Waals surface area (Å²) in [5, 5.41) is 5.10. The minimum absolute atomic E-state index is 0.00127. The third-order valence-corrected chi connectivity index (χ3v) is 4.75. The molecule has 2 amide bonds. The third-order valence-electron chi connectivity index (χ3n) is 3.89. The van der Waals surface area contributed by atoms with E-state index in [1.807, 2.05) is 36.1 Å². The van der Waals surface area contributed by atoms with Gasteiger partial charge >= 0.3 is 6.03 Å². The minimum atomic E-state index is 0.00127. The van der Waals surface area contributed by atoms with Crippen LogP contribution in [0.3, 0.4) is 0 Å². The molecule has 1 aliphatic heterocycles. The lowest BCUT2D eigenvalue weighted by molar-refractivity contribution is 0.143. The maximum Gasteiger partial charge on any atom is 0.321 e. The molecule has 4 nitrogen and oxygen atoms in total. The van der Waals surface area contributed by atoms with E-state index in [9.17, 15) is 4.79 Å². The van der Waals surface area contributed by atoms with Crippen LogP contribution in [0.2, 0.25) is 0 Å². The Bertz CT molecular complexity index is 619. The maximum atomic E-state index is 12.3. The van der Waals surface area contributed by atoms with Gasteiger partial charge in [-0.25, -0.2) is 4.79 Å². The molecule has 1 saturated heterocycles. The number of amides is 2. The standard InChI is InChI=1S/C17H21N3OS/c1-14-4-2-5-15(12-14)18-17(21)20-9-7-19(8-10-20)13-16-6-3-11-22-16/h2-6,11-12H,7-10,13H2,1H3,(H,18,21). The van der Waals surface area contributed by atoms with Gasteiger partial charge in [-0.05, 0) is 36.1 Å². The van der Waals surface area contributed by atoms with Crippen molar-refractivity contribution >= 4 is 23.1 Å². The molecule has 1 aromatic carbocycles. The molecule has 0 saturated carbocycles. The first kappa shape index (κ1) is 15.1. The number of nitrogens with one attached hydrogen (secondary N) is 1. The van der Waals surface area contributed by atoms with Crippen LogP contribution in [0.1, 0.15) is 10.4 Å². The molecule has 2 aromatic rings. The molecule has 116 valence electrons. The quantitative estimate of drug-likeness (QED) is 0.942. The minimum Gasteiger partial charge on any atom is -0.322 e. The van der Waals surface area contributed by atoms with Gasteiger partial charge in [0, 0.05) is 43.3 Å². The van der Waals surface area contributed by atoms with Crippen molar-refractivity contribution in [1.82, 2.24) is 9.80 Å². The fraction of sp³-hybridized carbons (Fsp3) is 0.353. The number of hydrogen-bond acceptors (Lipinski definition) is 3. The summed E-state index contributed by atoms with van der Waals surface area (Å²) in [6.45, 7) is 6.44. The van der Waals surface area contributed by atoms with Crippen molar-refractivity contribution in [2.24, 2.45) is 0 Å². The van der Waals surface area contributed by atoms with Crippen LogP contribution in [-0.4, -0.2) is 42.0 Å². The number of hydrogen-bond donors (Lipinski definition) is 1. The summed E-state index contributed by atoms with van der Waals surface area (Å²) in [5.74, 6) is 0. The molecule has 1 aliphatic rings. The summed E-state index contributed by atoms with van der Waals surface area (Å²) in [4.78, 5) is 18.0. The van der Waals surface area contributed by atoms with Crippen LogP contribution in [0.5, 0.6) is 0 Å². The zero-order valence-electron chi connectivity index (χ0n) is 12.8. The van der Waals surface area contributed by atoms with Gasteiger partial charge < -0.3 is 10.2 Å². The second kappa shape index (κ2) is 6.94. The number of anilines is 1. The fourth-order valence-electron chi connectivity index (χ4n) is 2.66. The van der Waals surface area contributed by atoms with Crippen molar-refractivity contribution in [3.63, 3.8) is 0 Å². The number of thiophene rings is 1. The van der Waals surface area contributed by atoms with E-state index in [-0.39, 0.29) is 6.03 Å². The van der Waals surface area contributed by atoms with Gasteiger partial charge in [-0.15, -0.1) is 11.3 Å². The predicted octanol–water partition coefficient (Wildman–Crippen LogP) is 3.41. The van der Waals surface area contributed by atoms with Crippen molar-refractivity contribution in [2.75, 3.05) is 31.5 Å². The molecule has 2 heterocycles. The Labute approximate surface area is 135 Å². The highest BCUT2D eigenvalue weighted by Crippen LogP contribution is 2.15. The molecule has 3 rings (SSSR count). The van der Waals surface area contributed by atoms with Gasteiger partial charge in [0.25, 0.3) is 0 Å². The number of aryl methyl sites for hydroxylation is 1. The van der Waals surface area contributed by atoms with E-state index in [0.29, 0.717) is 0 Å². The second-order valence-corrected chi connectivity index (χ2v) is 6.67. The highest BCUT2D eigenvalue weighted by molar-refractivity contribution is 7.09. The van der Waals surface area contributed by atoms with E-state index < -0.39 is 0 Å². The largest absolute Gasteiger partial charge is 0.322 e. The Morgan fingerprint density at radius 3 is 2.68 bits per heavy atom. The van der Waals surface area contributed by atoms with Gasteiger partial charge in [0.1, 0.15) is 0 Å². The Morgan fingerprint density at radius 1 is 1.18 bits per heavy atom. The molecule has 0 unspecified atom stereocenters. The van der Waals surface area contributed by atoms with Gasteiger partial charge in [0.2, 0.25) is 0 Å². The first-order valence-corrected chi connectivity index (χ1v) is 8.46. The van der Waals surface area contributed by atoms with Crippen LogP contribution in [0.4, 0.5) is 10.5 Å². The molecule has 1 N–H and O–H groups in total. The van der Waals surface area contributed by atoms with Crippen molar-refractivity contribution in [3.8, 4) is 0 Å². The van der Waals surface area contributed by atoms with Crippen LogP contribution >= 0.6 is 11.3 Å². The summed E-state index contributed by atoms with van der Waals surface area (Å²) in [6.07, 6.45) is 0. The van der Waals surface area contributed by atoms with Crippen molar-refractivity contribution in [1.29, 1.82) is 0 Å². The van der Waals surface area contributed by atoms with Crippen LogP contribution < -0.4 is 5.32 Å². The number of carbonyl (C=O) groups excluding carboxylic acids is 1. The number of rotatable bonds is 3. The van der Waals surface area contributed by atoms with Gasteiger partial charge in [-0.3, -0.25) is 4.90 Å². The van der Waals surface area contributed by atoms with Crippen LogP contribution in [0.15, 0.2) is 41.8 Å². The Kier molecular flexibility index (Phi) is 4.75. The molecule has 0 spiro atoms. The van der Waals surface area contributed by atoms with E-state index in [1.54, 1.807) is 11.3 Å². The molecular weight excluding hydrogens is 294 g/mol. The Morgan fingerprint density at radius 2 is 2.00 bits per heavy atom. The summed E-state index contributed by atoms with van der Waals surface area (Å²) < 4.78 is 0. The lowest BCUT2D eigenvalue weighted by Crippen LogP contribution is -2.49. The van der Waals surface area contributed by atoms with E-state index >= 15 is 0 Å². The maximum absolute atomic E-state index is 12.3. The molecule has 22 heavy (non-hydrogen) atoms. The normalized spacial score (nSPS) is 15.8. The van der Waals surface area contributed by atoms with Crippen molar-refractivity contribution in [3.05, 3.63) is 52.2 Å². The summed E-state index contributed by atoms with van der Waals surface area (Å²) in [6, 6.07) is 12.2. The van der Waals surface area contributed by atoms with Crippen molar-refractivity contribution in [2.45, 2.75) is 13.5 Å². The number of piperazine rings is 1. The second-order valence-electron chi connectivity index (χ2n) is 5.64. The molecule has 0 bridgehead atoms. The lowest BCUT2D eigenvalue weighted by Gasteiger charge is -2.34. The monoisotopic (exact) mass is 315 g/mol. The Hall–Kier alpha value is -1.85. The highest BCUT2D eigenvalue weighted by Gasteiger charge is 2.21. The molecular formula is C17H21N3OS. The van der Waals surface area contributed by atoms with Crippen LogP contribution in [0, 0.1) is 6.92 Å². The van der Waals surface area contributed by atoms with E-state index in [1.165, 1.54) is 4.88 Å². The SMILES string of the molecule is Cc1cccc(NC(=O)N2CCN(Cc3cccs3)CC2)c1. The molecule has 1 aromatic heterocycles. The first-order chi connectivity index (χ1) is 10.7. The van der Waals surface area contributed by atoms with E-state index in [2.05, 4.69) is 27.7 Å². The fourth-order valence-corrected chi connectivity index (χ4v) is 3.40. The summed E-state index contributed by atoms with van der Waals surface area (Å²) in [5.41, 5.74) is 2.02. The van der Waals surface area contributed by atoms with Gasteiger partial charge in [-0.1, -0.05) is 18.2 Å². The number of benzene rings is 1. The van der Waals surface area contributed by atoms with E-state index in [0.717, 1.165) is 44.0 Å². The van der Waals surface area contributed by atoms with Crippen molar-refractivity contribution < 1.29 is 4.79 Å². The smallest absolute Gasteiger partial charge is 0.321 e. The zero-order chi connectivity index (χ0) is 15.4. The summed E-state index contributed by atoms with van der Waals surface area (Å²) >= 11 is 1.79.